The Bertz CT molecular complexity index is 324. The molecule has 1 aromatic carbocycles. The van der Waals surface area contributed by atoms with E-state index >= 15 is 0 Å². The van der Waals surface area contributed by atoms with Crippen molar-refractivity contribution in [2.75, 3.05) is 0 Å². The van der Waals surface area contributed by atoms with Crippen molar-refractivity contribution in [1.29, 1.82) is 0 Å². The second-order valence-corrected chi connectivity index (χ2v) is 5.47. The first-order valence-electron chi connectivity index (χ1n) is 6.47. The van der Waals surface area contributed by atoms with Crippen LogP contribution in [0.15, 0.2) is 30.3 Å². The van der Waals surface area contributed by atoms with E-state index in [9.17, 15) is 4.57 Å². The Labute approximate surface area is 105 Å². The summed E-state index contributed by atoms with van der Waals surface area (Å²) in [7, 11) is -1.69. The quantitative estimate of drug-likeness (QED) is 0.506. The lowest BCUT2D eigenvalue weighted by Crippen LogP contribution is -2.10. The molecule has 0 heterocycles. The Morgan fingerprint density at radius 1 is 1.18 bits per heavy atom. The molecule has 0 aromatic heterocycles. The molecule has 2 nitrogen and oxygen atoms in total. The molecule has 17 heavy (non-hydrogen) atoms. The van der Waals surface area contributed by atoms with Gasteiger partial charge in [0.1, 0.15) is 6.10 Å². The molecule has 0 spiro atoms. The Hall–Kier alpha value is -0.720. The molecule has 3 heteroatoms. The standard InChI is InChI=1S/C14H22O2P/c1-3-5-7-10-13(4-2)16-17(15)14-11-8-6-9-12-14/h6,8-9,11-13H,3-5,7,10H2,1-2H3/q+1. The largest absolute Gasteiger partial charge is 0.548 e. The molecule has 0 aliphatic carbocycles. The highest BCUT2D eigenvalue weighted by Gasteiger charge is 2.26. The highest BCUT2D eigenvalue weighted by atomic mass is 31.1. The van der Waals surface area contributed by atoms with E-state index in [2.05, 4.69) is 13.8 Å². The molecule has 2 unspecified atom stereocenters. The van der Waals surface area contributed by atoms with E-state index in [0.29, 0.717) is 0 Å². The van der Waals surface area contributed by atoms with Crippen LogP contribution in [-0.4, -0.2) is 6.10 Å². The fourth-order valence-corrected chi connectivity index (χ4v) is 2.76. The van der Waals surface area contributed by atoms with Crippen LogP contribution in [0, 0.1) is 0 Å². The average molecular weight is 253 g/mol. The maximum atomic E-state index is 12.0. The molecule has 0 fully saturated rings. The van der Waals surface area contributed by atoms with Crippen molar-refractivity contribution >= 4 is 13.3 Å². The number of benzene rings is 1. The number of hydrogen-bond donors (Lipinski definition) is 0. The first-order valence-corrected chi connectivity index (χ1v) is 7.64. The molecule has 2 atom stereocenters. The third kappa shape index (κ3) is 5.43. The average Bonchev–Trinajstić information content (AvgIpc) is 2.38. The second kappa shape index (κ2) is 8.38. The topological polar surface area (TPSA) is 26.3 Å². The molecule has 0 aliphatic rings. The van der Waals surface area contributed by atoms with Crippen LogP contribution < -0.4 is 5.30 Å². The van der Waals surface area contributed by atoms with Crippen molar-refractivity contribution in [3.63, 3.8) is 0 Å². The minimum atomic E-state index is -1.69. The molecule has 0 radical (unpaired) electrons. The van der Waals surface area contributed by atoms with Gasteiger partial charge in [-0.1, -0.05) is 51.3 Å². The molecule has 1 aromatic rings. The van der Waals surface area contributed by atoms with Gasteiger partial charge in [0.05, 0.1) is 0 Å². The molecular weight excluding hydrogens is 231 g/mol. The first-order chi connectivity index (χ1) is 8.27. The summed E-state index contributed by atoms with van der Waals surface area (Å²) in [5, 5.41) is 0.788. The van der Waals surface area contributed by atoms with Crippen LogP contribution in [0.25, 0.3) is 0 Å². The second-order valence-electron chi connectivity index (χ2n) is 4.22. The van der Waals surface area contributed by atoms with Crippen LogP contribution in [0.3, 0.4) is 0 Å². The minimum absolute atomic E-state index is 0.130. The molecule has 0 saturated heterocycles. The summed E-state index contributed by atoms with van der Waals surface area (Å²) < 4.78 is 17.6. The SMILES string of the molecule is CCCCCC(CC)O[P+](=O)c1ccccc1. The van der Waals surface area contributed by atoms with Gasteiger partial charge in [-0.25, -0.2) is 0 Å². The molecule has 0 aliphatic heterocycles. The summed E-state index contributed by atoms with van der Waals surface area (Å²) in [5.41, 5.74) is 0. The molecule has 94 valence electrons. The fraction of sp³-hybridized carbons (Fsp3) is 0.571. The maximum absolute atomic E-state index is 12.0. The Morgan fingerprint density at radius 2 is 1.88 bits per heavy atom. The Morgan fingerprint density at radius 3 is 2.47 bits per heavy atom. The van der Waals surface area contributed by atoms with Gasteiger partial charge in [-0.15, -0.1) is 4.52 Å². The van der Waals surface area contributed by atoms with Crippen molar-refractivity contribution < 1.29 is 9.09 Å². The molecule has 0 N–H and O–H groups in total. The van der Waals surface area contributed by atoms with Gasteiger partial charge in [-0.2, -0.15) is 0 Å². The maximum Gasteiger partial charge on any atom is 0.548 e. The van der Waals surface area contributed by atoms with Gasteiger partial charge in [-0.3, -0.25) is 0 Å². The Kier molecular flexibility index (Phi) is 7.07. The number of rotatable bonds is 8. The van der Waals surface area contributed by atoms with Gasteiger partial charge in [-0.05, 0) is 29.5 Å². The summed E-state index contributed by atoms with van der Waals surface area (Å²) in [5.74, 6) is 0. The van der Waals surface area contributed by atoms with Gasteiger partial charge < -0.3 is 0 Å². The summed E-state index contributed by atoms with van der Waals surface area (Å²) in [4.78, 5) is 0. The summed E-state index contributed by atoms with van der Waals surface area (Å²) in [6, 6.07) is 9.42. The lowest BCUT2D eigenvalue weighted by molar-refractivity contribution is 0.198. The van der Waals surface area contributed by atoms with Crippen molar-refractivity contribution in [3.05, 3.63) is 30.3 Å². The van der Waals surface area contributed by atoms with Crippen molar-refractivity contribution in [3.8, 4) is 0 Å². The zero-order valence-corrected chi connectivity index (χ0v) is 11.7. The van der Waals surface area contributed by atoms with Gasteiger partial charge in [0.25, 0.3) is 0 Å². The van der Waals surface area contributed by atoms with Crippen molar-refractivity contribution in [2.24, 2.45) is 0 Å². The van der Waals surface area contributed by atoms with E-state index in [-0.39, 0.29) is 6.10 Å². The third-order valence-electron chi connectivity index (χ3n) is 2.80. The molecule has 0 saturated carbocycles. The van der Waals surface area contributed by atoms with E-state index < -0.39 is 8.03 Å². The van der Waals surface area contributed by atoms with Crippen LogP contribution in [0.4, 0.5) is 0 Å². The van der Waals surface area contributed by atoms with Crippen LogP contribution >= 0.6 is 8.03 Å². The van der Waals surface area contributed by atoms with Gasteiger partial charge in [0, 0.05) is 0 Å². The zero-order valence-electron chi connectivity index (χ0n) is 10.8. The van der Waals surface area contributed by atoms with Crippen LogP contribution in [-0.2, 0) is 9.09 Å². The van der Waals surface area contributed by atoms with Crippen LogP contribution in [0.5, 0.6) is 0 Å². The van der Waals surface area contributed by atoms with Gasteiger partial charge >= 0.3 is 8.03 Å². The van der Waals surface area contributed by atoms with Crippen LogP contribution in [0.2, 0.25) is 0 Å². The molecule has 1 rings (SSSR count). The summed E-state index contributed by atoms with van der Waals surface area (Å²) in [6.45, 7) is 4.27. The van der Waals surface area contributed by atoms with E-state index in [1.807, 2.05) is 30.3 Å². The predicted molar refractivity (Wildman–Crippen MR) is 73.0 cm³/mol. The van der Waals surface area contributed by atoms with Crippen molar-refractivity contribution in [2.45, 2.75) is 52.1 Å². The summed E-state index contributed by atoms with van der Waals surface area (Å²) >= 11 is 0. The molecular formula is C14H22O2P+. The van der Waals surface area contributed by atoms with Crippen molar-refractivity contribution in [1.82, 2.24) is 0 Å². The predicted octanol–water partition coefficient (Wildman–Crippen LogP) is 4.43. The first kappa shape index (κ1) is 14.3. The van der Waals surface area contributed by atoms with E-state index in [1.165, 1.54) is 12.8 Å². The molecule has 0 amide bonds. The highest BCUT2D eigenvalue weighted by molar-refractivity contribution is 7.48. The van der Waals surface area contributed by atoms with E-state index in [1.54, 1.807) is 0 Å². The normalized spacial score (nSPS) is 13.4. The summed E-state index contributed by atoms with van der Waals surface area (Å²) in [6.07, 6.45) is 5.66. The number of unbranched alkanes of at least 4 members (excludes halogenated alkanes) is 2. The zero-order chi connectivity index (χ0) is 12.5. The number of hydrogen-bond acceptors (Lipinski definition) is 2. The van der Waals surface area contributed by atoms with Crippen LogP contribution in [0.1, 0.15) is 46.0 Å². The monoisotopic (exact) mass is 253 g/mol. The lowest BCUT2D eigenvalue weighted by Gasteiger charge is -2.07. The van der Waals surface area contributed by atoms with E-state index in [4.69, 9.17) is 4.52 Å². The minimum Gasteiger partial charge on any atom is -0.138 e. The van der Waals surface area contributed by atoms with E-state index in [0.717, 1.165) is 24.6 Å². The van der Waals surface area contributed by atoms with Gasteiger partial charge in [0.2, 0.25) is 5.30 Å². The Balaban J connectivity index is 2.42. The fourth-order valence-electron chi connectivity index (χ4n) is 1.70. The third-order valence-corrected chi connectivity index (χ3v) is 4.01. The van der Waals surface area contributed by atoms with Gasteiger partial charge in [0.15, 0.2) is 0 Å². The smallest absolute Gasteiger partial charge is 0.138 e. The lowest BCUT2D eigenvalue weighted by atomic mass is 10.1. The molecule has 0 bridgehead atoms. The highest BCUT2D eigenvalue weighted by Crippen LogP contribution is 2.27.